The van der Waals surface area contributed by atoms with E-state index in [1.807, 2.05) is 26.1 Å². The number of carbonyl (C=O) groups is 1. The van der Waals surface area contributed by atoms with Crippen LogP contribution in [0.1, 0.15) is 11.1 Å². The van der Waals surface area contributed by atoms with E-state index in [4.69, 9.17) is 10.5 Å². The van der Waals surface area contributed by atoms with Crippen LogP contribution in [0.15, 0.2) is 18.2 Å². The fourth-order valence-corrected chi connectivity index (χ4v) is 1.73. The van der Waals surface area contributed by atoms with Crippen LogP contribution in [0.3, 0.4) is 0 Å². The Morgan fingerprint density at radius 3 is 2.75 bits per heavy atom. The maximum atomic E-state index is 10.8. The number of likely N-dealkylation sites (N-methyl/N-ethyl adjacent to an activating group) is 1. The maximum absolute atomic E-state index is 10.8. The number of quaternary nitrogens is 1. The van der Waals surface area contributed by atoms with Gasteiger partial charge >= 0.3 is 0 Å². The van der Waals surface area contributed by atoms with Crippen molar-refractivity contribution in [1.82, 2.24) is 0 Å². The molecule has 0 fully saturated rings. The van der Waals surface area contributed by atoms with Crippen molar-refractivity contribution in [3.63, 3.8) is 0 Å². The van der Waals surface area contributed by atoms with Crippen molar-refractivity contribution < 1.29 is 14.4 Å². The quantitative estimate of drug-likeness (QED) is 0.707. The van der Waals surface area contributed by atoms with E-state index in [0.29, 0.717) is 6.54 Å². The number of carbonyl (C=O) groups excluding carboxylic acids is 1. The zero-order chi connectivity index (χ0) is 12.1. The number of ether oxygens (including phenoxy) is 1. The highest BCUT2D eigenvalue weighted by Gasteiger charge is 2.11. The third-order valence-electron chi connectivity index (χ3n) is 2.40. The number of amides is 1. The number of primary amides is 1. The highest BCUT2D eigenvalue weighted by Crippen LogP contribution is 2.18. The number of nitrogens with two attached hydrogens (primary N) is 1. The Labute approximate surface area is 96.0 Å². The van der Waals surface area contributed by atoms with Crippen LogP contribution in [0.25, 0.3) is 0 Å². The SMILES string of the molecule is COc1ccc(C)cc1C[NH+](C)CC(N)=O. The summed E-state index contributed by atoms with van der Waals surface area (Å²) in [5.41, 5.74) is 7.44. The Morgan fingerprint density at radius 1 is 1.50 bits per heavy atom. The van der Waals surface area contributed by atoms with Crippen LogP contribution in [0.4, 0.5) is 0 Å². The van der Waals surface area contributed by atoms with E-state index in [-0.39, 0.29) is 5.91 Å². The molecule has 88 valence electrons. The Kier molecular flexibility index (Phi) is 4.31. The van der Waals surface area contributed by atoms with Gasteiger partial charge in [0.05, 0.1) is 14.2 Å². The first kappa shape index (κ1) is 12.5. The lowest BCUT2D eigenvalue weighted by molar-refractivity contribution is -0.885. The van der Waals surface area contributed by atoms with E-state index < -0.39 is 0 Å². The van der Waals surface area contributed by atoms with Gasteiger partial charge in [-0.25, -0.2) is 0 Å². The molecule has 0 aromatic heterocycles. The van der Waals surface area contributed by atoms with Gasteiger partial charge < -0.3 is 15.4 Å². The molecule has 1 amide bonds. The first-order valence-electron chi connectivity index (χ1n) is 5.26. The minimum Gasteiger partial charge on any atom is -0.496 e. The first-order valence-corrected chi connectivity index (χ1v) is 5.26. The molecule has 3 N–H and O–H groups in total. The largest absolute Gasteiger partial charge is 0.496 e. The molecule has 0 bridgehead atoms. The van der Waals surface area contributed by atoms with Crippen LogP contribution < -0.4 is 15.4 Å². The topological polar surface area (TPSA) is 56.8 Å². The number of rotatable bonds is 5. The molecule has 0 saturated carbocycles. The van der Waals surface area contributed by atoms with Crippen molar-refractivity contribution in [1.29, 1.82) is 0 Å². The van der Waals surface area contributed by atoms with Crippen molar-refractivity contribution in [2.24, 2.45) is 5.73 Å². The van der Waals surface area contributed by atoms with Crippen molar-refractivity contribution in [3.05, 3.63) is 29.3 Å². The Balaban J connectivity index is 2.78. The molecule has 0 saturated heterocycles. The second-order valence-corrected chi connectivity index (χ2v) is 4.09. The fraction of sp³-hybridized carbons (Fsp3) is 0.417. The Hall–Kier alpha value is -1.55. The lowest BCUT2D eigenvalue weighted by Crippen LogP contribution is -3.08. The van der Waals surface area contributed by atoms with Gasteiger partial charge in [0, 0.05) is 5.56 Å². The summed E-state index contributed by atoms with van der Waals surface area (Å²) >= 11 is 0. The van der Waals surface area contributed by atoms with Crippen molar-refractivity contribution in [2.75, 3.05) is 20.7 Å². The highest BCUT2D eigenvalue weighted by molar-refractivity contribution is 5.74. The summed E-state index contributed by atoms with van der Waals surface area (Å²) in [4.78, 5) is 11.8. The van der Waals surface area contributed by atoms with Crippen LogP contribution in [-0.2, 0) is 11.3 Å². The second kappa shape index (κ2) is 5.51. The number of hydrogen-bond acceptors (Lipinski definition) is 2. The molecule has 0 radical (unpaired) electrons. The predicted octanol–water partition coefficient (Wildman–Crippen LogP) is -0.496. The summed E-state index contributed by atoms with van der Waals surface area (Å²) < 4.78 is 5.28. The molecular weight excluding hydrogens is 204 g/mol. The summed E-state index contributed by atoms with van der Waals surface area (Å²) in [5, 5.41) is 0. The minimum atomic E-state index is -0.288. The smallest absolute Gasteiger partial charge is 0.272 e. The Bertz CT molecular complexity index is 377. The maximum Gasteiger partial charge on any atom is 0.272 e. The van der Waals surface area contributed by atoms with Crippen LogP contribution in [0.2, 0.25) is 0 Å². The van der Waals surface area contributed by atoms with Gasteiger partial charge in [-0.3, -0.25) is 4.79 Å². The minimum absolute atomic E-state index is 0.288. The van der Waals surface area contributed by atoms with Crippen molar-refractivity contribution >= 4 is 5.91 Å². The zero-order valence-corrected chi connectivity index (χ0v) is 10.0. The molecule has 0 aliphatic carbocycles. The molecule has 0 spiro atoms. The molecule has 1 unspecified atom stereocenters. The zero-order valence-electron chi connectivity index (χ0n) is 10.0. The monoisotopic (exact) mass is 223 g/mol. The summed E-state index contributed by atoms with van der Waals surface area (Å²) in [6.07, 6.45) is 0. The van der Waals surface area contributed by atoms with Crippen molar-refractivity contribution in [2.45, 2.75) is 13.5 Å². The van der Waals surface area contributed by atoms with Gasteiger partial charge in [-0.1, -0.05) is 11.6 Å². The molecule has 4 heteroatoms. The summed E-state index contributed by atoms with van der Waals surface area (Å²) in [7, 11) is 3.59. The number of benzene rings is 1. The third-order valence-corrected chi connectivity index (χ3v) is 2.40. The molecular formula is C12H19N2O2+. The van der Waals surface area contributed by atoms with Crippen LogP contribution in [0.5, 0.6) is 5.75 Å². The highest BCUT2D eigenvalue weighted by atomic mass is 16.5. The molecule has 16 heavy (non-hydrogen) atoms. The van der Waals surface area contributed by atoms with E-state index in [0.717, 1.165) is 22.8 Å². The summed E-state index contributed by atoms with van der Waals surface area (Å²) in [5.74, 6) is 0.568. The van der Waals surface area contributed by atoms with Crippen LogP contribution in [0, 0.1) is 6.92 Å². The van der Waals surface area contributed by atoms with Gasteiger partial charge in [0.15, 0.2) is 6.54 Å². The normalized spacial score (nSPS) is 12.2. The second-order valence-electron chi connectivity index (χ2n) is 4.09. The molecule has 1 rings (SSSR count). The molecule has 0 heterocycles. The van der Waals surface area contributed by atoms with E-state index >= 15 is 0 Å². The molecule has 4 nitrogen and oxygen atoms in total. The fourth-order valence-electron chi connectivity index (χ4n) is 1.73. The van der Waals surface area contributed by atoms with Gasteiger partial charge in [0.2, 0.25) is 0 Å². The number of methoxy groups -OCH3 is 1. The Morgan fingerprint density at radius 2 is 2.19 bits per heavy atom. The number of hydrogen-bond donors (Lipinski definition) is 2. The number of nitrogens with one attached hydrogen (secondary N) is 1. The van der Waals surface area contributed by atoms with E-state index in [1.54, 1.807) is 7.11 Å². The molecule has 0 aliphatic rings. The molecule has 1 aromatic rings. The van der Waals surface area contributed by atoms with Gasteiger partial charge in [0.1, 0.15) is 12.3 Å². The van der Waals surface area contributed by atoms with Crippen LogP contribution >= 0.6 is 0 Å². The van der Waals surface area contributed by atoms with Crippen LogP contribution in [-0.4, -0.2) is 26.6 Å². The van der Waals surface area contributed by atoms with Gasteiger partial charge in [-0.15, -0.1) is 0 Å². The summed E-state index contributed by atoms with van der Waals surface area (Å²) in [6, 6.07) is 6.03. The van der Waals surface area contributed by atoms with Gasteiger partial charge in [-0.05, 0) is 19.1 Å². The average molecular weight is 223 g/mol. The first-order chi connectivity index (χ1) is 7.52. The molecule has 1 aromatic carbocycles. The van der Waals surface area contributed by atoms with Gasteiger partial charge in [0.25, 0.3) is 5.91 Å². The molecule has 0 aliphatic heterocycles. The lowest BCUT2D eigenvalue weighted by Gasteiger charge is -2.14. The standard InChI is InChI=1S/C12H18N2O2/c1-9-4-5-11(16-3)10(6-9)7-14(2)8-12(13)15/h4-6H,7-8H2,1-3H3,(H2,13,15)/p+1. The number of aryl methyl sites for hydroxylation is 1. The third kappa shape index (κ3) is 3.55. The van der Waals surface area contributed by atoms with Crippen molar-refractivity contribution in [3.8, 4) is 5.75 Å². The predicted molar refractivity (Wildman–Crippen MR) is 62.4 cm³/mol. The summed E-state index contributed by atoms with van der Waals surface area (Å²) in [6.45, 7) is 3.09. The molecule has 1 atom stereocenters. The van der Waals surface area contributed by atoms with E-state index in [2.05, 4.69) is 6.07 Å². The van der Waals surface area contributed by atoms with E-state index in [1.165, 1.54) is 5.56 Å². The average Bonchev–Trinajstić information content (AvgIpc) is 2.16. The van der Waals surface area contributed by atoms with E-state index in [9.17, 15) is 4.79 Å². The van der Waals surface area contributed by atoms with Gasteiger partial charge in [-0.2, -0.15) is 0 Å². The lowest BCUT2D eigenvalue weighted by atomic mass is 10.1.